The molecule has 3 rings (SSSR count). The molecule has 2 aromatic carbocycles. The lowest BCUT2D eigenvalue weighted by molar-refractivity contribution is -0.120. The van der Waals surface area contributed by atoms with Crippen LogP contribution in [0.3, 0.4) is 0 Å². The maximum Gasteiger partial charge on any atom is 0.227 e. The van der Waals surface area contributed by atoms with E-state index in [9.17, 15) is 14.0 Å². The molecule has 1 aliphatic heterocycles. The van der Waals surface area contributed by atoms with Gasteiger partial charge >= 0.3 is 0 Å². The van der Waals surface area contributed by atoms with Gasteiger partial charge in [-0.05, 0) is 71.2 Å². The zero-order valence-corrected chi connectivity index (χ0v) is 15.1. The Labute approximate surface area is 154 Å². The Kier molecular flexibility index (Phi) is 5.48. The number of anilines is 2. The van der Waals surface area contributed by atoms with E-state index >= 15 is 0 Å². The summed E-state index contributed by atoms with van der Waals surface area (Å²) in [5.74, 6) is -0.448. The van der Waals surface area contributed by atoms with Gasteiger partial charge in [0.1, 0.15) is 12.1 Å². The maximum atomic E-state index is 13.3. The number of hydrogen-bond acceptors (Lipinski definition) is 3. The highest BCUT2D eigenvalue weighted by molar-refractivity contribution is 9.10. The van der Waals surface area contributed by atoms with E-state index in [0.717, 1.165) is 37.9 Å². The fourth-order valence-corrected chi connectivity index (χ4v) is 3.36. The first kappa shape index (κ1) is 17.6. The van der Waals surface area contributed by atoms with Crippen molar-refractivity contribution in [2.24, 2.45) is 5.92 Å². The summed E-state index contributed by atoms with van der Waals surface area (Å²) < 4.78 is 13.6. The van der Waals surface area contributed by atoms with Crippen LogP contribution in [-0.2, 0) is 4.79 Å². The minimum Gasteiger partial charge on any atom is -0.371 e. The predicted octanol–water partition coefficient (Wildman–Crippen LogP) is 4.26. The lowest BCUT2D eigenvalue weighted by Gasteiger charge is -2.33. The van der Waals surface area contributed by atoms with Crippen LogP contribution in [-0.4, -0.2) is 25.3 Å². The molecule has 0 aromatic heterocycles. The van der Waals surface area contributed by atoms with E-state index in [-0.39, 0.29) is 17.6 Å². The first-order chi connectivity index (χ1) is 12.1. The van der Waals surface area contributed by atoms with Gasteiger partial charge in [0.05, 0.1) is 4.47 Å². The number of benzene rings is 2. The van der Waals surface area contributed by atoms with Crippen LogP contribution in [0.2, 0.25) is 0 Å². The Bertz CT molecular complexity index is 771. The van der Waals surface area contributed by atoms with Crippen LogP contribution in [0.1, 0.15) is 23.2 Å². The summed E-state index contributed by atoms with van der Waals surface area (Å²) in [5, 5.41) is 2.86. The number of aldehydes is 1. The second kappa shape index (κ2) is 7.78. The Morgan fingerprint density at radius 1 is 1.16 bits per heavy atom. The van der Waals surface area contributed by atoms with Crippen molar-refractivity contribution in [3.63, 3.8) is 0 Å². The molecule has 6 heteroatoms. The van der Waals surface area contributed by atoms with E-state index in [0.29, 0.717) is 15.7 Å². The maximum absolute atomic E-state index is 13.3. The van der Waals surface area contributed by atoms with Gasteiger partial charge in [-0.25, -0.2) is 4.39 Å². The Morgan fingerprint density at radius 3 is 2.44 bits per heavy atom. The number of halogens is 2. The van der Waals surface area contributed by atoms with Crippen LogP contribution in [0.25, 0.3) is 0 Å². The van der Waals surface area contributed by atoms with Gasteiger partial charge in [0.15, 0.2) is 0 Å². The summed E-state index contributed by atoms with van der Waals surface area (Å²) in [6.07, 6.45) is 2.33. The highest BCUT2D eigenvalue weighted by atomic mass is 79.9. The second-order valence-corrected chi connectivity index (χ2v) is 6.94. The number of carbonyl (C=O) groups excluding carboxylic acids is 2. The number of nitrogens with one attached hydrogen (secondary N) is 1. The van der Waals surface area contributed by atoms with Crippen LogP contribution >= 0.6 is 15.9 Å². The van der Waals surface area contributed by atoms with Crippen LogP contribution in [0.15, 0.2) is 46.9 Å². The third-order valence-electron chi connectivity index (χ3n) is 4.45. The predicted molar refractivity (Wildman–Crippen MR) is 99.5 cm³/mol. The fraction of sp³-hybridized carbons (Fsp3) is 0.263. The number of carbonyl (C=O) groups is 2. The number of nitrogens with zero attached hydrogens (tertiary/aromatic N) is 1. The lowest BCUT2D eigenvalue weighted by atomic mass is 9.95. The van der Waals surface area contributed by atoms with Crippen molar-refractivity contribution in [3.05, 3.63) is 58.3 Å². The molecule has 1 saturated heterocycles. The number of rotatable bonds is 4. The smallest absolute Gasteiger partial charge is 0.227 e. The summed E-state index contributed by atoms with van der Waals surface area (Å²) in [7, 11) is 0. The molecule has 0 radical (unpaired) electrons. The SMILES string of the molecule is O=Cc1ccc(N2CCC(C(=O)Nc3ccc(F)c(Br)c3)CC2)cc1. The van der Waals surface area contributed by atoms with E-state index in [1.54, 1.807) is 24.3 Å². The van der Waals surface area contributed by atoms with E-state index in [4.69, 9.17) is 0 Å². The minimum absolute atomic E-state index is 0.0329. The normalized spacial score (nSPS) is 15.0. The molecular weight excluding hydrogens is 387 g/mol. The average Bonchev–Trinajstić information content (AvgIpc) is 2.65. The highest BCUT2D eigenvalue weighted by Crippen LogP contribution is 2.25. The minimum atomic E-state index is -0.355. The molecule has 1 N–H and O–H groups in total. The molecule has 1 aliphatic rings. The molecule has 0 bridgehead atoms. The molecule has 0 unspecified atom stereocenters. The molecule has 25 heavy (non-hydrogen) atoms. The molecule has 4 nitrogen and oxygen atoms in total. The van der Waals surface area contributed by atoms with Crippen LogP contribution in [0, 0.1) is 11.7 Å². The van der Waals surface area contributed by atoms with E-state index in [2.05, 4.69) is 26.1 Å². The topological polar surface area (TPSA) is 49.4 Å². The summed E-state index contributed by atoms with van der Waals surface area (Å²) in [4.78, 5) is 25.3. The molecule has 0 atom stereocenters. The van der Waals surface area contributed by atoms with Gasteiger partial charge in [0.2, 0.25) is 5.91 Å². The quantitative estimate of drug-likeness (QED) is 0.774. The van der Waals surface area contributed by atoms with Crippen LogP contribution < -0.4 is 10.2 Å². The van der Waals surface area contributed by atoms with E-state index < -0.39 is 0 Å². The van der Waals surface area contributed by atoms with Gasteiger partial charge in [0.25, 0.3) is 0 Å². The molecule has 0 saturated carbocycles. The summed E-state index contributed by atoms with van der Waals surface area (Å²) in [5.41, 5.74) is 2.31. The first-order valence-electron chi connectivity index (χ1n) is 8.13. The van der Waals surface area contributed by atoms with Gasteiger partial charge in [0, 0.05) is 35.9 Å². The number of amides is 1. The summed E-state index contributed by atoms with van der Waals surface area (Å²) >= 11 is 3.12. The van der Waals surface area contributed by atoms with Gasteiger partial charge in [-0.3, -0.25) is 9.59 Å². The lowest BCUT2D eigenvalue weighted by Crippen LogP contribution is -2.38. The summed E-state index contributed by atoms with van der Waals surface area (Å²) in [6.45, 7) is 1.57. The molecule has 0 aliphatic carbocycles. The average molecular weight is 405 g/mol. The molecule has 130 valence electrons. The van der Waals surface area contributed by atoms with Crippen molar-refractivity contribution in [2.45, 2.75) is 12.8 Å². The van der Waals surface area contributed by atoms with Crippen molar-refractivity contribution in [2.75, 3.05) is 23.3 Å². The van der Waals surface area contributed by atoms with Gasteiger partial charge in [-0.15, -0.1) is 0 Å². The number of hydrogen-bond donors (Lipinski definition) is 1. The molecule has 1 heterocycles. The van der Waals surface area contributed by atoms with E-state index in [1.165, 1.54) is 6.07 Å². The van der Waals surface area contributed by atoms with Crippen LogP contribution in [0.4, 0.5) is 15.8 Å². The fourth-order valence-electron chi connectivity index (χ4n) is 2.98. The van der Waals surface area contributed by atoms with Crippen molar-refractivity contribution in [3.8, 4) is 0 Å². The molecule has 2 aromatic rings. The van der Waals surface area contributed by atoms with E-state index in [1.807, 2.05) is 12.1 Å². The first-order valence-corrected chi connectivity index (χ1v) is 8.92. The summed E-state index contributed by atoms with van der Waals surface area (Å²) in [6, 6.07) is 11.9. The standard InChI is InChI=1S/C19H18BrFN2O2/c20-17-11-15(3-6-18(17)21)22-19(25)14-7-9-23(10-8-14)16-4-1-13(12-24)2-5-16/h1-6,11-12,14H,7-10H2,(H,22,25). The monoisotopic (exact) mass is 404 g/mol. The molecule has 1 amide bonds. The van der Waals surface area contributed by atoms with Crippen molar-refractivity contribution in [1.82, 2.24) is 0 Å². The number of piperidine rings is 1. The molecule has 1 fully saturated rings. The van der Waals surface area contributed by atoms with Gasteiger partial charge in [-0.1, -0.05) is 0 Å². The molecular formula is C19H18BrFN2O2. The third kappa shape index (κ3) is 4.25. The second-order valence-electron chi connectivity index (χ2n) is 6.09. The zero-order chi connectivity index (χ0) is 17.8. The Balaban J connectivity index is 1.56. The highest BCUT2D eigenvalue weighted by Gasteiger charge is 2.25. The largest absolute Gasteiger partial charge is 0.371 e. The van der Waals surface area contributed by atoms with Crippen molar-refractivity contribution >= 4 is 39.5 Å². The van der Waals surface area contributed by atoms with Crippen molar-refractivity contribution < 1.29 is 14.0 Å². The van der Waals surface area contributed by atoms with Gasteiger partial charge < -0.3 is 10.2 Å². The molecule has 0 spiro atoms. The Hall–Kier alpha value is -2.21. The zero-order valence-electron chi connectivity index (χ0n) is 13.5. The van der Waals surface area contributed by atoms with Crippen molar-refractivity contribution in [1.29, 1.82) is 0 Å². The third-order valence-corrected chi connectivity index (χ3v) is 5.05. The van der Waals surface area contributed by atoms with Crippen LogP contribution in [0.5, 0.6) is 0 Å². The van der Waals surface area contributed by atoms with Gasteiger partial charge in [-0.2, -0.15) is 0 Å². The Morgan fingerprint density at radius 2 is 1.84 bits per heavy atom.